The van der Waals surface area contributed by atoms with Gasteiger partial charge in [-0.15, -0.1) is 0 Å². The molecular formula is C26H23N3O5. The fourth-order valence-electron chi connectivity index (χ4n) is 5.74. The summed E-state index contributed by atoms with van der Waals surface area (Å²) in [5.41, 5.74) is 7.71. The van der Waals surface area contributed by atoms with Crippen molar-refractivity contribution in [3.8, 4) is 5.88 Å². The highest BCUT2D eigenvalue weighted by atomic mass is 16.5. The predicted octanol–water partition coefficient (Wildman–Crippen LogP) is 3.58. The lowest BCUT2D eigenvalue weighted by molar-refractivity contribution is -0.128. The van der Waals surface area contributed by atoms with Crippen molar-refractivity contribution < 1.29 is 24.0 Å². The van der Waals surface area contributed by atoms with E-state index in [0.29, 0.717) is 18.4 Å². The van der Waals surface area contributed by atoms with Gasteiger partial charge in [-0.1, -0.05) is 30.3 Å². The Labute approximate surface area is 195 Å². The van der Waals surface area contributed by atoms with Crippen LogP contribution in [0.4, 0.5) is 0 Å². The molecule has 1 fully saturated rings. The average Bonchev–Trinajstić information content (AvgIpc) is 3.28. The van der Waals surface area contributed by atoms with Crippen molar-refractivity contribution in [3.05, 3.63) is 82.4 Å². The number of benzene rings is 1. The molecule has 0 bridgehead atoms. The first-order valence-corrected chi connectivity index (χ1v) is 11.3. The molecular weight excluding hydrogens is 434 g/mol. The number of rotatable bonds is 3. The zero-order chi connectivity index (χ0) is 23.6. The molecule has 0 saturated heterocycles. The average molecular weight is 457 g/mol. The standard InChI is InChI=1S/C26H23N3O5/c1-26-16(10-14-11-17-15(8-5-9-28-17)21(30)18(14)23(26)31)20(27)22-19(24(26)32)25(29-34-22)33-12-13-6-3-2-4-7-13/h2-9,14,16,20,30H,10-12,27H2,1H3/t14-,16+,20+,26-/m1/s1. The van der Waals surface area contributed by atoms with Gasteiger partial charge in [-0.25, -0.2) is 0 Å². The number of ether oxygens (including phenoxy) is 1. The number of allylic oxidation sites excluding steroid dienone is 1. The van der Waals surface area contributed by atoms with E-state index in [2.05, 4.69) is 10.1 Å². The van der Waals surface area contributed by atoms with E-state index in [1.54, 1.807) is 25.3 Å². The molecule has 0 amide bonds. The number of hydrogen-bond donors (Lipinski definition) is 2. The Hall–Kier alpha value is -3.78. The zero-order valence-corrected chi connectivity index (χ0v) is 18.5. The molecule has 8 heteroatoms. The van der Waals surface area contributed by atoms with Crippen LogP contribution in [0, 0.1) is 17.3 Å². The number of carbonyl (C=O) groups excluding carboxylic acids is 2. The molecule has 1 saturated carbocycles. The Morgan fingerprint density at radius 2 is 1.97 bits per heavy atom. The summed E-state index contributed by atoms with van der Waals surface area (Å²) in [6.07, 6.45) is 2.62. The van der Waals surface area contributed by atoms with Crippen LogP contribution in [0.25, 0.3) is 5.76 Å². The van der Waals surface area contributed by atoms with E-state index in [-0.39, 0.29) is 41.1 Å². The first kappa shape index (κ1) is 20.8. The molecule has 3 aliphatic rings. The van der Waals surface area contributed by atoms with Crippen molar-refractivity contribution in [2.45, 2.75) is 32.4 Å². The SMILES string of the molecule is C[C@]12C(=O)C3=C(O)c4cccnc4C[C@H]3C[C@H]1[C@H](N)c1onc(OCc3ccccc3)c1C2=O. The monoisotopic (exact) mass is 457 g/mol. The third kappa shape index (κ3) is 2.75. The minimum atomic E-state index is -1.46. The predicted molar refractivity (Wildman–Crippen MR) is 121 cm³/mol. The Bertz CT molecular complexity index is 1360. The number of hydrogen-bond acceptors (Lipinski definition) is 8. The molecule has 2 aromatic heterocycles. The van der Waals surface area contributed by atoms with Crippen molar-refractivity contribution >= 4 is 17.3 Å². The number of aliphatic hydroxyl groups excluding tert-OH is 1. The number of fused-ring (bicyclic) bond motifs is 4. The zero-order valence-electron chi connectivity index (χ0n) is 18.5. The van der Waals surface area contributed by atoms with Crippen molar-refractivity contribution in [1.29, 1.82) is 0 Å². The maximum atomic E-state index is 13.9. The number of carbonyl (C=O) groups is 2. The molecule has 3 aromatic rings. The smallest absolute Gasteiger partial charge is 0.265 e. The summed E-state index contributed by atoms with van der Waals surface area (Å²) in [6.45, 7) is 1.81. The molecule has 1 aromatic carbocycles. The maximum Gasteiger partial charge on any atom is 0.265 e. The van der Waals surface area contributed by atoms with Crippen LogP contribution >= 0.6 is 0 Å². The maximum absolute atomic E-state index is 13.9. The second kappa shape index (κ2) is 7.36. The molecule has 2 heterocycles. The first-order chi connectivity index (χ1) is 16.4. The largest absolute Gasteiger partial charge is 0.507 e. The quantitative estimate of drug-likeness (QED) is 0.571. The molecule has 0 spiro atoms. The van der Waals surface area contributed by atoms with Gasteiger partial charge in [-0.3, -0.25) is 14.6 Å². The molecule has 3 N–H and O–H groups in total. The Kier molecular flexibility index (Phi) is 4.50. The van der Waals surface area contributed by atoms with Crippen LogP contribution < -0.4 is 10.5 Å². The van der Waals surface area contributed by atoms with E-state index in [0.717, 1.165) is 11.3 Å². The number of aromatic nitrogens is 2. The van der Waals surface area contributed by atoms with Gasteiger partial charge in [0.25, 0.3) is 5.88 Å². The van der Waals surface area contributed by atoms with Gasteiger partial charge >= 0.3 is 0 Å². The number of Topliss-reactive ketones (excluding diaryl/α,β-unsaturated/α-hetero) is 2. The lowest BCUT2D eigenvalue weighted by Gasteiger charge is -2.48. The summed E-state index contributed by atoms with van der Waals surface area (Å²) in [5, 5.41) is 15.0. The molecule has 3 aliphatic carbocycles. The number of nitrogens with zero attached hydrogens (tertiary/aromatic N) is 2. The lowest BCUT2D eigenvalue weighted by Crippen LogP contribution is -2.56. The van der Waals surface area contributed by atoms with E-state index in [1.165, 1.54) is 0 Å². The molecule has 34 heavy (non-hydrogen) atoms. The van der Waals surface area contributed by atoms with Crippen LogP contribution in [0.5, 0.6) is 5.88 Å². The van der Waals surface area contributed by atoms with Crippen LogP contribution in [-0.4, -0.2) is 26.8 Å². The van der Waals surface area contributed by atoms with Gasteiger partial charge in [0, 0.05) is 23.3 Å². The minimum absolute atomic E-state index is 0.0327. The van der Waals surface area contributed by atoms with Crippen molar-refractivity contribution in [3.63, 3.8) is 0 Å². The van der Waals surface area contributed by atoms with E-state index < -0.39 is 28.9 Å². The molecule has 0 aliphatic heterocycles. The summed E-state index contributed by atoms with van der Waals surface area (Å²) in [5.74, 6) is -1.42. The topological polar surface area (TPSA) is 129 Å². The Balaban J connectivity index is 1.41. The van der Waals surface area contributed by atoms with Gasteiger partial charge in [0.2, 0.25) is 0 Å². The normalized spacial score (nSPS) is 27.5. The van der Waals surface area contributed by atoms with E-state index >= 15 is 0 Å². The van der Waals surface area contributed by atoms with Crippen LogP contribution in [0.2, 0.25) is 0 Å². The summed E-state index contributed by atoms with van der Waals surface area (Å²) >= 11 is 0. The van der Waals surface area contributed by atoms with Crippen molar-refractivity contribution in [1.82, 2.24) is 10.1 Å². The van der Waals surface area contributed by atoms with Gasteiger partial charge in [0.15, 0.2) is 17.3 Å². The molecule has 0 unspecified atom stereocenters. The second-order valence-electron chi connectivity index (χ2n) is 9.39. The van der Waals surface area contributed by atoms with E-state index in [4.69, 9.17) is 15.0 Å². The summed E-state index contributed by atoms with van der Waals surface area (Å²) in [7, 11) is 0. The van der Waals surface area contributed by atoms with Gasteiger partial charge in [0.1, 0.15) is 17.9 Å². The van der Waals surface area contributed by atoms with Gasteiger partial charge < -0.3 is 20.1 Å². The first-order valence-electron chi connectivity index (χ1n) is 11.3. The number of aliphatic hydroxyl groups is 1. The summed E-state index contributed by atoms with van der Waals surface area (Å²) < 4.78 is 11.3. The van der Waals surface area contributed by atoms with Crippen molar-refractivity contribution in [2.24, 2.45) is 23.0 Å². The Morgan fingerprint density at radius 3 is 2.76 bits per heavy atom. The van der Waals surface area contributed by atoms with E-state index in [1.807, 2.05) is 30.3 Å². The number of nitrogens with two attached hydrogens (primary N) is 1. The van der Waals surface area contributed by atoms with Gasteiger partial charge in [-0.2, -0.15) is 0 Å². The highest BCUT2D eigenvalue weighted by Crippen LogP contribution is 2.57. The summed E-state index contributed by atoms with van der Waals surface area (Å²) in [6, 6.07) is 12.2. The number of pyridine rings is 1. The lowest BCUT2D eigenvalue weighted by atomic mass is 9.53. The third-order valence-corrected chi connectivity index (χ3v) is 7.59. The molecule has 0 radical (unpaired) electrons. The molecule has 6 rings (SSSR count). The minimum Gasteiger partial charge on any atom is -0.507 e. The third-order valence-electron chi connectivity index (χ3n) is 7.59. The van der Waals surface area contributed by atoms with Gasteiger partial charge in [-0.05, 0) is 48.5 Å². The fourth-order valence-corrected chi connectivity index (χ4v) is 5.74. The van der Waals surface area contributed by atoms with Crippen LogP contribution in [-0.2, 0) is 17.8 Å². The number of ketones is 2. The van der Waals surface area contributed by atoms with Crippen molar-refractivity contribution in [2.75, 3.05) is 0 Å². The fraction of sp³-hybridized carbons (Fsp3) is 0.308. The highest BCUT2D eigenvalue weighted by Gasteiger charge is 2.62. The van der Waals surface area contributed by atoms with Crippen LogP contribution in [0.3, 0.4) is 0 Å². The van der Waals surface area contributed by atoms with Gasteiger partial charge in [0.05, 0.1) is 17.2 Å². The van der Waals surface area contributed by atoms with E-state index in [9.17, 15) is 14.7 Å². The Morgan fingerprint density at radius 1 is 1.18 bits per heavy atom. The van der Waals surface area contributed by atoms with Crippen LogP contribution in [0.1, 0.15) is 52.3 Å². The summed E-state index contributed by atoms with van der Waals surface area (Å²) in [4.78, 5) is 32.2. The molecule has 8 nitrogen and oxygen atoms in total. The van der Waals surface area contributed by atoms with Crippen LogP contribution in [0.15, 0.2) is 58.8 Å². The second-order valence-corrected chi connectivity index (χ2v) is 9.39. The molecule has 4 atom stereocenters. The molecule has 172 valence electrons. The highest BCUT2D eigenvalue weighted by molar-refractivity contribution is 6.23.